The molecule has 21 rings (SSSR count). The highest BCUT2D eigenvalue weighted by atomic mass is 16.3. The van der Waals surface area contributed by atoms with E-state index in [0.717, 1.165) is 172 Å². The number of furan rings is 3. The number of nitrogens with zero attached hydrogens (tertiary/aromatic N) is 3. The van der Waals surface area contributed by atoms with Gasteiger partial charge in [-0.3, -0.25) is 0 Å². The second-order valence-electron chi connectivity index (χ2n) is 38.0. The topological polar surface area (TPSA) is 50.8 Å². The number of aromatic nitrogens is 1. The van der Waals surface area contributed by atoms with Gasteiger partial charge >= 0.3 is 0 Å². The van der Waals surface area contributed by atoms with Crippen LogP contribution in [0.2, 0.25) is 0 Å². The average Bonchev–Trinajstić information content (AvgIpc) is 1.11. The highest BCUT2D eigenvalue weighted by molar-refractivity contribution is 7.00. The summed E-state index contributed by atoms with van der Waals surface area (Å²) in [6.07, 6.45) is 0. The number of para-hydroxylation sites is 5. The van der Waals surface area contributed by atoms with Crippen LogP contribution in [0.3, 0.4) is 0 Å². The number of benzene rings is 15. The minimum atomic E-state index is -0.408. The van der Waals surface area contributed by atoms with E-state index in [9.17, 15) is 0 Å². The zero-order valence-electron chi connectivity index (χ0n) is 69.4. The third-order valence-electron chi connectivity index (χ3n) is 25.3. The fourth-order valence-corrected chi connectivity index (χ4v) is 19.0. The quantitative estimate of drug-likeness (QED) is 0.142. The van der Waals surface area contributed by atoms with E-state index >= 15 is 0 Å². The summed E-state index contributed by atoms with van der Waals surface area (Å²) in [6.45, 7) is 35.0. The van der Waals surface area contributed by atoms with Crippen LogP contribution in [0.5, 0.6) is 0 Å². The van der Waals surface area contributed by atoms with Gasteiger partial charge in [0.25, 0.3) is 6.71 Å². The molecule has 2 aliphatic heterocycles. The van der Waals surface area contributed by atoms with E-state index in [1.165, 1.54) is 55.0 Å². The van der Waals surface area contributed by atoms with Crippen LogP contribution in [0.25, 0.3) is 149 Å². The van der Waals surface area contributed by atoms with E-state index in [-0.39, 0.29) is 28.4 Å². The predicted molar refractivity (Wildman–Crippen MR) is 497 cm³/mol. The van der Waals surface area contributed by atoms with Gasteiger partial charge in [-0.05, 0) is 203 Å². The van der Waals surface area contributed by atoms with Crippen molar-refractivity contribution in [2.24, 2.45) is 0 Å². The lowest BCUT2D eigenvalue weighted by atomic mass is 9.33. The molecule has 2 aliphatic rings. The molecule has 117 heavy (non-hydrogen) atoms. The van der Waals surface area contributed by atoms with Crippen LogP contribution in [0.4, 0.5) is 34.1 Å². The van der Waals surface area contributed by atoms with Gasteiger partial charge in [-0.2, -0.15) is 0 Å². The lowest BCUT2D eigenvalue weighted by molar-refractivity contribution is 0.590. The molecule has 0 bridgehead atoms. The van der Waals surface area contributed by atoms with Crippen molar-refractivity contribution in [2.45, 2.75) is 131 Å². The summed E-state index contributed by atoms with van der Waals surface area (Å²) in [5.74, 6) is 0. The Balaban J connectivity index is 0.951. The molecule has 0 radical (unpaired) electrons. The van der Waals surface area contributed by atoms with Crippen molar-refractivity contribution in [3.8, 4) is 61.3 Å². The molecular weight excluding hydrogens is 1420 g/mol. The first-order valence-corrected chi connectivity index (χ1v) is 41.5. The van der Waals surface area contributed by atoms with Crippen molar-refractivity contribution in [1.29, 1.82) is 0 Å². The molecule has 0 spiro atoms. The zero-order valence-corrected chi connectivity index (χ0v) is 69.4. The Kier molecular flexibility index (Phi) is 15.9. The summed E-state index contributed by atoms with van der Waals surface area (Å²) in [4.78, 5) is 5.45. The fourth-order valence-electron chi connectivity index (χ4n) is 19.0. The predicted octanol–water partition coefficient (Wildman–Crippen LogP) is 29.4. The first kappa shape index (κ1) is 71.9. The van der Waals surface area contributed by atoms with Crippen molar-refractivity contribution >= 4 is 145 Å². The third-order valence-corrected chi connectivity index (χ3v) is 25.3. The molecule has 0 N–H and O–H groups in total. The van der Waals surface area contributed by atoms with E-state index in [4.69, 9.17) is 13.3 Å². The average molecular weight is 1520 g/mol. The van der Waals surface area contributed by atoms with Crippen LogP contribution in [-0.4, -0.2) is 11.3 Å². The second kappa shape index (κ2) is 25.8. The summed E-state index contributed by atoms with van der Waals surface area (Å²) in [6, 6.07) is 113. The Hall–Kier alpha value is -12.8. The zero-order chi connectivity index (χ0) is 80.3. The highest BCUT2D eigenvalue weighted by Crippen LogP contribution is 2.58. The highest BCUT2D eigenvalue weighted by Gasteiger charge is 2.47. The largest absolute Gasteiger partial charge is 0.456 e. The standard InChI is InChI=1S/C110H94BN3O3/c1-106(2,3)69-46-51-91-84(56-69)85-57-70(107(4,5)6)47-52-92(85)112(91)74-48-50-90-94(64-74)114(103-83(66-32-20-17-21-33-66)59-72(109(10,11)12)61-88(103)81-40-29-38-79-76-35-23-27-43-99(76)117-105(79)81)96-63-73(110(13,14)15)62-95-101(96)111(90)89-49-44-68(67-45-53-100-86(54-67)77-36-24-25-41-97(77)115-100)55-93(89)113(95)102-82(65-30-18-16-19-31-65)58-71(108(7,8)9)60-87(102)80-39-28-37-78-75-34-22-26-42-98(75)116-104(78)80/h16-64H,1-15H3. The maximum absolute atomic E-state index is 7.33. The molecule has 0 amide bonds. The minimum Gasteiger partial charge on any atom is -0.456 e. The van der Waals surface area contributed by atoms with Crippen molar-refractivity contribution in [3.63, 3.8) is 0 Å². The molecule has 0 saturated carbocycles. The number of rotatable bonds is 8. The Labute approximate surface area is 685 Å². The van der Waals surface area contributed by atoms with E-state index in [2.05, 4.69) is 415 Å². The fraction of sp³-hybridized carbons (Fsp3) is 0.182. The van der Waals surface area contributed by atoms with Gasteiger partial charge in [0.2, 0.25) is 0 Å². The first-order valence-electron chi connectivity index (χ1n) is 41.5. The maximum Gasteiger partial charge on any atom is 0.252 e. The summed E-state index contributed by atoms with van der Waals surface area (Å²) in [5, 5.41) is 8.98. The minimum absolute atomic E-state index is 0.0871. The van der Waals surface area contributed by atoms with Crippen molar-refractivity contribution in [3.05, 3.63) is 325 Å². The Morgan fingerprint density at radius 2 is 0.624 bits per heavy atom. The van der Waals surface area contributed by atoms with Crippen LogP contribution in [0.15, 0.2) is 311 Å². The summed E-state index contributed by atoms with van der Waals surface area (Å²) < 4.78 is 23.8. The Bertz CT molecular complexity index is 7280. The molecule has 6 nitrogen and oxygen atoms in total. The van der Waals surface area contributed by atoms with Gasteiger partial charge in [-0.1, -0.05) is 292 Å². The molecule has 0 aliphatic carbocycles. The van der Waals surface area contributed by atoms with Crippen molar-refractivity contribution in [1.82, 2.24) is 4.57 Å². The molecule has 6 heterocycles. The second-order valence-corrected chi connectivity index (χ2v) is 38.0. The van der Waals surface area contributed by atoms with Crippen LogP contribution in [-0.2, 0) is 27.1 Å². The van der Waals surface area contributed by atoms with E-state index < -0.39 is 5.41 Å². The first-order chi connectivity index (χ1) is 56.2. The lowest BCUT2D eigenvalue weighted by Gasteiger charge is -2.47. The van der Waals surface area contributed by atoms with Gasteiger partial charge in [-0.25, -0.2) is 0 Å². The molecular formula is C110H94BN3O3. The molecule has 0 saturated heterocycles. The molecule has 19 aromatic rings. The van der Waals surface area contributed by atoms with Crippen LogP contribution >= 0.6 is 0 Å². The van der Waals surface area contributed by atoms with Gasteiger partial charge in [-0.15, -0.1) is 0 Å². The van der Waals surface area contributed by atoms with E-state index in [1.54, 1.807) is 0 Å². The van der Waals surface area contributed by atoms with Gasteiger partial charge in [0.15, 0.2) is 0 Å². The van der Waals surface area contributed by atoms with E-state index in [1.807, 2.05) is 0 Å². The lowest BCUT2D eigenvalue weighted by Crippen LogP contribution is -2.61. The Morgan fingerprint density at radius 3 is 1.10 bits per heavy atom. The maximum atomic E-state index is 7.33. The monoisotopic (exact) mass is 1520 g/mol. The number of hydrogen-bond acceptors (Lipinski definition) is 5. The van der Waals surface area contributed by atoms with Gasteiger partial charge in [0.1, 0.15) is 33.5 Å². The SMILES string of the molecule is CC(C)(C)c1cc(-c2ccccc2)c(N2c3cc(-c4ccc5oc6ccccc6c5c4)ccc3B3c4ccc(-n5c6ccc(C(C)(C)C)cc6c6cc(C(C)(C)C)ccc65)cc4N(c4c(-c5ccccc5)cc(C(C)(C)C)cc4-c4cccc5c4oc4ccccc45)c4cc(C(C)(C)C)cc2c43)c(-c2cccc3c2oc2ccccc23)c1. The number of fused-ring (bicyclic) bond motifs is 16. The Morgan fingerprint density at radius 1 is 0.239 bits per heavy atom. The van der Waals surface area contributed by atoms with Crippen molar-refractivity contribution < 1.29 is 13.3 Å². The smallest absolute Gasteiger partial charge is 0.252 e. The number of anilines is 6. The van der Waals surface area contributed by atoms with Crippen molar-refractivity contribution in [2.75, 3.05) is 9.80 Å². The third kappa shape index (κ3) is 11.5. The molecule has 0 fully saturated rings. The van der Waals surface area contributed by atoms with Gasteiger partial charge in [0, 0.05) is 105 Å². The molecule has 7 heteroatoms. The number of hydrogen-bond donors (Lipinski definition) is 0. The summed E-state index contributed by atoms with van der Waals surface area (Å²) in [5.41, 5.74) is 34.5. The van der Waals surface area contributed by atoms with Crippen LogP contribution < -0.4 is 26.2 Å². The summed E-state index contributed by atoms with van der Waals surface area (Å²) >= 11 is 0. The van der Waals surface area contributed by atoms with Gasteiger partial charge < -0.3 is 27.6 Å². The molecule has 0 unspecified atom stereocenters. The molecule has 4 aromatic heterocycles. The molecule has 570 valence electrons. The van der Waals surface area contributed by atoms with Crippen LogP contribution in [0.1, 0.15) is 132 Å². The van der Waals surface area contributed by atoms with Crippen LogP contribution in [0, 0.1) is 0 Å². The molecule has 15 aromatic carbocycles. The normalized spacial score (nSPS) is 13.4. The molecule has 0 atom stereocenters. The van der Waals surface area contributed by atoms with Gasteiger partial charge in [0.05, 0.1) is 22.4 Å². The summed E-state index contributed by atoms with van der Waals surface area (Å²) in [7, 11) is 0. The van der Waals surface area contributed by atoms with E-state index in [0.29, 0.717) is 0 Å².